The average molecular weight is 585 g/mol. The molecule has 0 aliphatic heterocycles. The van der Waals surface area contributed by atoms with Crippen molar-refractivity contribution in [2.45, 2.75) is 117 Å². The number of hydrogen-bond acceptors (Lipinski definition) is 8. The number of carbonyl (C=O) groups is 1. The Bertz CT molecular complexity index is 669. The third-order valence-corrected chi connectivity index (χ3v) is 22.5. The maximum Gasteiger partial charge on any atom is 0.335 e. The maximum atomic E-state index is 11.8. The van der Waals surface area contributed by atoms with Gasteiger partial charge in [0.25, 0.3) is 0 Å². The molecule has 0 aromatic carbocycles. The SMILES string of the molecule is C=C(C)C(=O)OC(OCCCC(CCC)[Si](C)(O[SiH3])O[Si](C)(C)O[Si](C)(C)O[Si](C)(C)C)C(C)O. The molecule has 0 aromatic rings. The lowest BCUT2D eigenvalue weighted by molar-refractivity contribution is -0.197. The topological polar surface area (TPSA) is 92.7 Å². The number of hydrogen-bond donors (Lipinski definition) is 1. The standard InChI is InChI=1S/C22H52O8Si5/c1-13-15-20(16-14-17-25-22(19(4)23)26-21(24)18(2)3)35(12,27-31)30-34(10,11)29-33(8,9)28-32(5,6)7/h19-20,22-23H,2,13-17H2,1,3-12,31H3. The molecule has 4 atom stereocenters. The molecule has 8 nitrogen and oxygen atoms in total. The molecule has 35 heavy (non-hydrogen) atoms. The van der Waals surface area contributed by atoms with E-state index in [2.05, 4.69) is 65.9 Å². The molecule has 0 saturated heterocycles. The summed E-state index contributed by atoms with van der Waals surface area (Å²) < 4.78 is 36.9. The van der Waals surface area contributed by atoms with Gasteiger partial charge in [-0.2, -0.15) is 0 Å². The van der Waals surface area contributed by atoms with Crippen molar-refractivity contribution in [2.24, 2.45) is 0 Å². The zero-order chi connectivity index (χ0) is 27.7. The molecule has 0 aliphatic carbocycles. The normalized spacial score (nSPS) is 17.5. The number of esters is 1. The van der Waals surface area contributed by atoms with Gasteiger partial charge in [-0.25, -0.2) is 4.79 Å². The molecule has 1 N–H and O–H groups in total. The van der Waals surface area contributed by atoms with E-state index in [0.717, 1.165) is 25.7 Å². The van der Waals surface area contributed by atoms with Gasteiger partial charge in [0.1, 0.15) is 16.6 Å². The van der Waals surface area contributed by atoms with Gasteiger partial charge in [-0.05, 0) is 85.5 Å². The van der Waals surface area contributed by atoms with E-state index in [1.807, 2.05) is 0 Å². The van der Waals surface area contributed by atoms with Gasteiger partial charge in [0, 0.05) is 11.1 Å². The van der Waals surface area contributed by atoms with Crippen LogP contribution in [0.2, 0.25) is 57.9 Å². The summed E-state index contributed by atoms with van der Waals surface area (Å²) in [5.41, 5.74) is 0.538. The van der Waals surface area contributed by atoms with E-state index in [-0.39, 0.29) is 11.1 Å². The van der Waals surface area contributed by atoms with Gasteiger partial charge in [0.05, 0.1) is 6.61 Å². The Morgan fingerprint density at radius 2 is 1.51 bits per heavy atom. The summed E-state index contributed by atoms with van der Waals surface area (Å²) in [6.07, 6.45) is 1.65. The van der Waals surface area contributed by atoms with Crippen molar-refractivity contribution in [3.05, 3.63) is 12.2 Å². The van der Waals surface area contributed by atoms with Gasteiger partial charge >= 0.3 is 31.7 Å². The van der Waals surface area contributed by atoms with Gasteiger partial charge in [-0.15, -0.1) is 0 Å². The average Bonchev–Trinajstić information content (AvgIpc) is 2.65. The van der Waals surface area contributed by atoms with Crippen molar-refractivity contribution in [1.82, 2.24) is 0 Å². The number of aliphatic hydroxyl groups is 1. The summed E-state index contributed by atoms with van der Waals surface area (Å²) in [5.74, 6) is -0.575. The second kappa shape index (κ2) is 14.9. The van der Waals surface area contributed by atoms with E-state index in [4.69, 9.17) is 25.9 Å². The maximum absolute atomic E-state index is 11.8. The fraction of sp³-hybridized carbons (Fsp3) is 0.864. The fourth-order valence-electron chi connectivity index (χ4n) is 4.17. The number of ether oxygens (including phenoxy) is 2. The van der Waals surface area contributed by atoms with Crippen molar-refractivity contribution >= 4 is 50.5 Å². The van der Waals surface area contributed by atoms with Crippen LogP contribution in [0.1, 0.15) is 46.5 Å². The predicted molar refractivity (Wildman–Crippen MR) is 154 cm³/mol. The first kappa shape index (κ1) is 35.1. The highest BCUT2D eigenvalue weighted by molar-refractivity contribution is 6.89. The minimum Gasteiger partial charge on any atom is -0.445 e. The smallest absolute Gasteiger partial charge is 0.335 e. The molecular formula is C22H52O8Si5. The zero-order valence-corrected chi connectivity index (χ0v) is 30.3. The molecule has 0 rings (SSSR count). The lowest BCUT2D eigenvalue weighted by Gasteiger charge is -2.43. The molecule has 0 bridgehead atoms. The molecule has 0 fully saturated rings. The Balaban J connectivity index is 5.24. The van der Waals surface area contributed by atoms with Crippen LogP contribution in [-0.2, 0) is 30.7 Å². The van der Waals surface area contributed by atoms with Gasteiger partial charge in [0.2, 0.25) is 6.29 Å². The molecule has 4 unspecified atom stereocenters. The first-order valence-corrected chi connectivity index (χ1v) is 24.8. The second-order valence-electron chi connectivity index (χ2n) is 11.2. The Labute approximate surface area is 221 Å². The van der Waals surface area contributed by atoms with E-state index in [1.54, 1.807) is 6.92 Å². The summed E-state index contributed by atoms with van der Waals surface area (Å²) in [6, 6.07) is 0. The highest BCUT2D eigenvalue weighted by atomic mass is 28.5. The Morgan fingerprint density at radius 1 is 0.971 bits per heavy atom. The molecule has 0 radical (unpaired) electrons. The first-order chi connectivity index (χ1) is 15.8. The number of aliphatic hydroxyl groups excluding tert-OH is 1. The van der Waals surface area contributed by atoms with Crippen LogP contribution in [0.15, 0.2) is 12.2 Å². The third kappa shape index (κ3) is 14.5. The van der Waals surface area contributed by atoms with Crippen LogP contribution in [0.5, 0.6) is 0 Å². The lowest BCUT2D eigenvalue weighted by Crippen LogP contribution is -2.58. The van der Waals surface area contributed by atoms with Crippen molar-refractivity contribution in [1.29, 1.82) is 0 Å². The summed E-state index contributed by atoms with van der Waals surface area (Å²) in [6.45, 7) is 26.3. The number of rotatable bonds is 18. The lowest BCUT2D eigenvalue weighted by atomic mass is 10.1. The summed E-state index contributed by atoms with van der Waals surface area (Å²) in [7, 11) is -8.51. The van der Waals surface area contributed by atoms with E-state index < -0.39 is 52.4 Å². The first-order valence-electron chi connectivity index (χ1n) is 12.6. The molecular weight excluding hydrogens is 533 g/mol. The molecule has 0 aromatic heterocycles. The second-order valence-corrected chi connectivity index (χ2v) is 28.0. The van der Waals surface area contributed by atoms with Crippen molar-refractivity contribution in [3.8, 4) is 0 Å². The monoisotopic (exact) mass is 584 g/mol. The van der Waals surface area contributed by atoms with Crippen molar-refractivity contribution in [3.63, 3.8) is 0 Å². The largest absolute Gasteiger partial charge is 0.445 e. The van der Waals surface area contributed by atoms with Crippen LogP contribution >= 0.6 is 0 Å². The molecule has 0 heterocycles. The van der Waals surface area contributed by atoms with Gasteiger partial charge in [-0.3, -0.25) is 0 Å². The highest BCUT2D eigenvalue weighted by Gasteiger charge is 2.47. The quantitative estimate of drug-likeness (QED) is 0.0831. The predicted octanol–water partition coefficient (Wildman–Crippen LogP) is 4.44. The molecule has 208 valence electrons. The van der Waals surface area contributed by atoms with Crippen LogP contribution in [0.4, 0.5) is 0 Å². The molecule has 0 aliphatic rings. The number of carbonyl (C=O) groups excluding carboxylic acids is 1. The summed E-state index contributed by atoms with van der Waals surface area (Å²) in [5, 5.41) is 9.92. The molecule has 0 spiro atoms. The Kier molecular flexibility index (Phi) is 14.9. The third-order valence-electron chi connectivity index (χ3n) is 5.22. The van der Waals surface area contributed by atoms with E-state index in [0.29, 0.717) is 17.1 Å². The minimum absolute atomic E-state index is 0.265. The summed E-state index contributed by atoms with van der Waals surface area (Å²) in [4.78, 5) is 11.8. The van der Waals surface area contributed by atoms with Crippen LogP contribution < -0.4 is 0 Å². The Morgan fingerprint density at radius 3 is 1.94 bits per heavy atom. The molecule has 0 amide bonds. The van der Waals surface area contributed by atoms with E-state index in [9.17, 15) is 9.90 Å². The highest BCUT2D eigenvalue weighted by Crippen LogP contribution is 2.36. The van der Waals surface area contributed by atoms with Crippen LogP contribution in [0.3, 0.4) is 0 Å². The van der Waals surface area contributed by atoms with Gasteiger partial charge in [0.15, 0.2) is 8.32 Å². The zero-order valence-electron chi connectivity index (χ0n) is 24.3. The summed E-state index contributed by atoms with van der Waals surface area (Å²) >= 11 is 0. The van der Waals surface area contributed by atoms with Crippen LogP contribution in [-0.4, -0.2) is 74.6 Å². The molecule has 0 saturated carbocycles. The van der Waals surface area contributed by atoms with E-state index >= 15 is 0 Å². The van der Waals surface area contributed by atoms with E-state index in [1.165, 1.54) is 6.92 Å². The van der Waals surface area contributed by atoms with Crippen LogP contribution in [0, 0.1) is 0 Å². The fourth-order valence-corrected chi connectivity index (χ4v) is 24.4. The van der Waals surface area contributed by atoms with Crippen LogP contribution in [0.25, 0.3) is 0 Å². The van der Waals surface area contributed by atoms with Gasteiger partial charge < -0.3 is 31.0 Å². The van der Waals surface area contributed by atoms with Gasteiger partial charge in [-0.1, -0.05) is 19.9 Å². The Hall–Kier alpha value is 0.0544. The molecule has 13 heteroatoms. The van der Waals surface area contributed by atoms with Crippen molar-refractivity contribution in [2.75, 3.05) is 6.61 Å². The minimum atomic E-state index is -2.53. The van der Waals surface area contributed by atoms with Crippen molar-refractivity contribution < 1.29 is 35.8 Å².